The van der Waals surface area contributed by atoms with Crippen LogP contribution in [-0.4, -0.2) is 29.2 Å². The number of aromatic amines is 2. The highest BCUT2D eigenvalue weighted by atomic mass is 32.1. The number of carbonyl (C=O) groups excluding carboxylic acids is 1. The second-order valence-electron chi connectivity index (χ2n) is 4.82. The van der Waals surface area contributed by atoms with Gasteiger partial charge in [-0.05, 0) is 48.1 Å². The molecule has 3 N–H and O–H groups in total. The molecule has 1 aromatic heterocycles. The first-order chi connectivity index (χ1) is 11.2. The van der Waals surface area contributed by atoms with Crippen LogP contribution >= 0.6 is 12.2 Å². The average molecular weight is 326 g/mol. The van der Waals surface area contributed by atoms with Crippen LogP contribution in [0.1, 0.15) is 15.9 Å². The standard InChI is InChI=1S/C16H14N4O2S/c1-22-12-4-2-3-10(7-12)9-17-20-15(21)11-5-6-13-14(8-11)19-16(23)18-13/h2-9H,1H3,(H,20,21)(H2,18,19,23)/b17-9-. The third-order valence-corrected chi connectivity index (χ3v) is 3.46. The van der Waals surface area contributed by atoms with Gasteiger partial charge in [-0.2, -0.15) is 5.10 Å². The van der Waals surface area contributed by atoms with E-state index in [1.807, 2.05) is 24.3 Å². The summed E-state index contributed by atoms with van der Waals surface area (Å²) in [4.78, 5) is 18.1. The number of hydrogen-bond donors (Lipinski definition) is 3. The Kier molecular flexibility index (Phi) is 4.20. The molecule has 6 nitrogen and oxygen atoms in total. The molecule has 0 bridgehead atoms. The lowest BCUT2D eigenvalue weighted by Gasteiger charge is -2.01. The molecule has 1 amide bonds. The Balaban J connectivity index is 1.72. The minimum absolute atomic E-state index is 0.299. The van der Waals surface area contributed by atoms with Crippen molar-refractivity contribution in [2.75, 3.05) is 7.11 Å². The Morgan fingerprint density at radius 2 is 2.04 bits per heavy atom. The van der Waals surface area contributed by atoms with E-state index in [2.05, 4.69) is 20.5 Å². The van der Waals surface area contributed by atoms with Crippen LogP contribution in [0.2, 0.25) is 0 Å². The molecule has 0 saturated heterocycles. The number of carbonyl (C=O) groups is 1. The van der Waals surface area contributed by atoms with Gasteiger partial charge in [0.2, 0.25) is 0 Å². The van der Waals surface area contributed by atoms with Gasteiger partial charge in [-0.25, -0.2) is 5.43 Å². The third kappa shape index (κ3) is 3.46. The van der Waals surface area contributed by atoms with E-state index in [1.54, 1.807) is 31.5 Å². The summed E-state index contributed by atoms with van der Waals surface area (Å²) in [5.41, 5.74) is 5.45. The molecular weight excluding hydrogens is 312 g/mol. The van der Waals surface area contributed by atoms with Crippen LogP contribution in [-0.2, 0) is 0 Å². The van der Waals surface area contributed by atoms with E-state index in [-0.39, 0.29) is 5.91 Å². The Morgan fingerprint density at radius 1 is 1.22 bits per heavy atom. The third-order valence-electron chi connectivity index (χ3n) is 3.25. The maximum atomic E-state index is 12.1. The molecule has 116 valence electrons. The van der Waals surface area contributed by atoms with Gasteiger partial charge in [0, 0.05) is 5.56 Å². The lowest BCUT2D eigenvalue weighted by atomic mass is 10.2. The molecule has 0 spiro atoms. The van der Waals surface area contributed by atoms with Crippen molar-refractivity contribution in [1.29, 1.82) is 0 Å². The van der Waals surface area contributed by atoms with Gasteiger partial charge in [-0.15, -0.1) is 0 Å². The summed E-state index contributed by atoms with van der Waals surface area (Å²) in [7, 11) is 1.60. The number of aromatic nitrogens is 2. The molecule has 7 heteroatoms. The highest BCUT2D eigenvalue weighted by Gasteiger charge is 2.06. The number of amides is 1. The largest absolute Gasteiger partial charge is 0.497 e. The van der Waals surface area contributed by atoms with E-state index < -0.39 is 0 Å². The fourth-order valence-corrected chi connectivity index (χ4v) is 2.35. The molecule has 3 aromatic rings. The molecule has 23 heavy (non-hydrogen) atoms. The van der Waals surface area contributed by atoms with E-state index in [4.69, 9.17) is 17.0 Å². The SMILES string of the molecule is COc1cccc(/C=N\NC(=O)c2ccc3[nH]c(=S)[nH]c3c2)c1. The number of hydrogen-bond acceptors (Lipinski definition) is 4. The molecule has 0 unspecified atom stereocenters. The predicted octanol–water partition coefficient (Wildman–Crippen LogP) is 3.00. The monoisotopic (exact) mass is 326 g/mol. The maximum absolute atomic E-state index is 12.1. The van der Waals surface area contributed by atoms with Gasteiger partial charge in [-0.1, -0.05) is 12.1 Å². The van der Waals surface area contributed by atoms with Crippen LogP contribution < -0.4 is 10.2 Å². The second-order valence-corrected chi connectivity index (χ2v) is 5.22. The topological polar surface area (TPSA) is 82.3 Å². The van der Waals surface area contributed by atoms with Gasteiger partial charge in [0.15, 0.2) is 4.77 Å². The molecule has 2 aromatic carbocycles. The number of ether oxygens (including phenoxy) is 1. The first-order valence-corrected chi connectivity index (χ1v) is 7.26. The van der Waals surface area contributed by atoms with Crippen molar-refractivity contribution in [3.8, 4) is 5.75 Å². The Bertz CT molecular complexity index is 942. The number of imidazole rings is 1. The van der Waals surface area contributed by atoms with Gasteiger partial charge in [0.05, 0.1) is 24.4 Å². The number of fused-ring (bicyclic) bond motifs is 1. The van der Waals surface area contributed by atoms with Crippen LogP contribution in [0.5, 0.6) is 5.75 Å². The van der Waals surface area contributed by atoms with Gasteiger partial charge in [0.25, 0.3) is 5.91 Å². The summed E-state index contributed by atoms with van der Waals surface area (Å²) in [5, 5.41) is 3.96. The van der Waals surface area contributed by atoms with Crippen molar-refractivity contribution >= 4 is 35.4 Å². The number of methoxy groups -OCH3 is 1. The summed E-state index contributed by atoms with van der Waals surface area (Å²) in [5.74, 6) is 0.431. The molecule has 1 heterocycles. The van der Waals surface area contributed by atoms with E-state index >= 15 is 0 Å². The van der Waals surface area contributed by atoms with E-state index in [0.29, 0.717) is 10.3 Å². The molecule has 0 aliphatic rings. The van der Waals surface area contributed by atoms with Gasteiger partial charge in [-0.3, -0.25) is 4.79 Å². The Labute approximate surface area is 137 Å². The first-order valence-electron chi connectivity index (χ1n) is 6.85. The zero-order chi connectivity index (χ0) is 16.2. The fraction of sp³-hybridized carbons (Fsp3) is 0.0625. The molecular formula is C16H14N4O2S. The van der Waals surface area contributed by atoms with Gasteiger partial charge < -0.3 is 14.7 Å². The normalized spacial score (nSPS) is 11.0. The molecule has 0 radical (unpaired) electrons. The van der Waals surface area contributed by atoms with Gasteiger partial charge >= 0.3 is 0 Å². The fourth-order valence-electron chi connectivity index (χ4n) is 2.13. The number of H-pyrrole nitrogens is 2. The number of rotatable bonds is 4. The highest BCUT2D eigenvalue weighted by molar-refractivity contribution is 7.71. The molecule has 0 atom stereocenters. The van der Waals surface area contributed by atoms with Crippen LogP contribution in [0.3, 0.4) is 0 Å². The molecule has 0 fully saturated rings. The smallest absolute Gasteiger partial charge is 0.271 e. The highest BCUT2D eigenvalue weighted by Crippen LogP contribution is 2.13. The van der Waals surface area contributed by atoms with E-state index in [1.165, 1.54) is 0 Å². The van der Waals surface area contributed by atoms with Crippen molar-refractivity contribution in [1.82, 2.24) is 15.4 Å². The molecule has 0 aliphatic heterocycles. The van der Waals surface area contributed by atoms with Crippen LogP contribution in [0.4, 0.5) is 0 Å². The van der Waals surface area contributed by atoms with Gasteiger partial charge in [0.1, 0.15) is 5.75 Å². The molecule has 3 rings (SSSR count). The number of nitrogens with one attached hydrogen (secondary N) is 3. The predicted molar refractivity (Wildman–Crippen MR) is 91.5 cm³/mol. The lowest BCUT2D eigenvalue weighted by Crippen LogP contribution is -2.17. The molecule has 0 saturated carbocycles. The van der Waals surface area contributed by atoms with Crippen molar-refractivity contribution in [3.63, 3.8) is 0 Å². The Morgan fingerprint density at radius 3 is 2.87 bits per heavy atom. The first kappa shape index (κ1) is 15.0. The Hall–Kier alpha value is -2.93. The average Bonchev–Trinajstić information content (AvgIpc) is 2.94. The van der Waals surface area contributed by atoms with Crippen LogP contribution in [0, 0.1) is 4.77 Å². The van der Waals surface area contributed by atoms with Crippen molar-refractivity contribution in [3.05, 3.63) is 58.4 Å². The second kappa shape index (κ2) is 6.45. The minimum Gasteiger partial charge on any atom is -0.497 e. The lowest BCUT2D eigenvalue weighted by molar-refractivity contribution is 0.0955. The summed E-state index contributed by atoms with van der Waals surface area (Å²) >= 11 is 5.02. The summed E-state index contributed by atoms with van der Waals surface area (Å²) in [6.07, 6.45) is 1.56. The maximum Gasteiger partial charge on any atom is 0.271 e. The minimum atomic E-state index is -0.299. The van der Waals surface area contributed by atoms with Crippen LogP contribution in [0.15, 0.2) is 47.6 Å². The number of benzene rings is 2. The molecule has 0 aliphatic carbocycles. The summed E-state index contributed by atoms with van der Waals surface area (Å²) < 4.78 is 5.65. The van der Waals surface area contributed by atoms with Crippen molar-refractivity contribution < 1.29 is 9.53 Å². The quantitative estimate of drug-likeness (QED) is 0.391. The number of hydrazone groups is 1. The van der Waals surface area contributed by atoms with Crippen molar-refractivity contribution in [2.24, 2.45) is 5.10 Å². The van der Waals surface area contributed by atoms with E-state index in [0.717, 1.165) is 22.3 Å². The zero-order valence-electron chi connectivity index (χ0n) is 12.3. The zero-order valence-corrected chi connectivity index (χ0v) is 13.1. The van der Waals surface area contributed by atoms with Crippen molar-refractivity contribution in [2.45, 2.75) is 0 Å². The summed E-state index contributed by atoms with van der Waals surface area (Å²) in [6.45, 7) is 0. The summed E-state index contributed by atoms with van der Waals surface area (Å²) in [6, 6.07) is 12.6. The van der Waals surface area contributed by atoms with Crippen LogP contribution in [0.25, 0.3) is 11.0 Å². The van der Waals surface area contributed by atoms with E-state index in [9.17, 15) is 4.79 Å². The number of nitrogens with zero attached hydrogens (tertiary/aromatic N) is 1.